The van der Waals surface area contributed by atoms with Crippen molar-refractivity contribution in [3.63, 3.8) is 0 Å². The van der Waals surface area contributed by atoms with Crippen molar-refractivity contribution in [1.29, 1.82) is 0 Å². The van der Waals surface area contributed by atoms with Gasteiger partial charge in [-0.05, 0) is 49.8 Å². The Labute approximate surface area is 110 Å². The van der Waals surface area contributed by atoms with Crippen molar-refractivity contribution in [3.8, 4) is 5.75 Å². The van der Waals surface area contributed by atoms with Crippen molar-refractivity contribution in [1.82, 2.24) is 5.43 Å². The third kappa shape index (κ3) is 2.52. The molecule has 0 bridgehead atoms. The summed E-state index contributed by atoms with van der Waals surface area (Å²) in [4.78, 5) is 0. The van der Waals surface area contributed by atoms with Gasteiger partial charge in [0.2, 0.25) is 0 Å². The molecule has 3 heteroatoms. The number of ether oxygens (including phenoxy) is 1. The first-order chi connectivity index (χ1) is 8.67. The van der Waals surface area contributed by atoms with Gasteiger partial charge in [0.05, 0.1) is 13.2 Å². The third-order valence-corrected chi connectivity index (χ3v) is 4.07. The van der Waals surface area contributed by atoms with Gasteiger partial charge in [-0.1, -0.05) is 18.9 Å². The van der Waals surface area contributed by atoms with Crippen molar-refractivity contribution in [2.45, 2.75) is 45.6 Å². The molecule has 3 nitrogen and oxygen atoms in total. The lowest BCUT2D eigenvalue weighted by molar-refractivity contribution is 0.347. The molecule has 3 N–H and O–H groups in total. The van der Waals surface area contributed by atoms with Gasteiger partial charge in [0.15, 0.2) is 0 Å². The molecule has 0 spiro atoms. The van der Waals surface area contributed by atoms with Gasteiger partial charge in [0, 0.05) is 5.56 Å². The predicted octanol–water partition coefficient (Wildman–Crippen LogP) is 3.01. The summed E-state index contributed by atoms with van der Waals surface area (Å²) < 4.78 is 5.55. The van der Waals surface area contributed by atoms with E-state index in [1.54, 1.807) is 7.11 Å². The molecule has 1 fully saturated rings. The molecule has 1 aliphatic rings. The average Bonchev–Trinajstić information content (AvgIpc) is 2.85. The third-order valence-electron chi connectivity index (χ3n) is 4.07. The van der Waals surface area contributed by atoms with Crippen molar-refractivity contribution >= 4 is 0 Å². The predicted molar refractivity (Wildman–Crippen MR) is 74.5 cm³/mol. The zero-order valence-electron chi connectivity index (χ0n) is 11.6. The molecule has 100 valence electrons. The quantitative estimate of drug-likeness (QED) is 0.636. The number of nitrogens with one attached hydrogen (secondary N) is 1. The van der Waals surface area contributed by atoms with Crippen molar-refractivity contribution in [2.75, 3.05) is 7.11 Å². The summed E-state index contributed by atoms with van der Waals surface area (Å²) in [6.45, 7) is 4.24. The van der Waals surface area contributed by atoms with E-state index in [4.69, 9.17) is 10.6 Å². The lowest BCUT2D eigenvalue weighted by atomic mass is 9.88. The van der Waals surface area contributed by atoms with Crippen LogP contribution in [0, 0.1) is 19.8 Å². The summed E-state index contributed by atoms with van der Waals surface area (Å²) in [6, 6.07) is 4.52. The van der Waals surface area contributed by atoms with Crippen LogP contribution in [0.4, 0.5) is 0 Å². The molecule has 0 heterocycles. The number of hydrogen-bond donors (Lipinski definition) is 2. The summed E-state index contributed by atoms with van der Waals surface area (Å²) in [5.41, 5.74) is 6.75. The minimum absolute atomic E-state index is 0.211. The van der Waals surface area contributed by atoms with E-state index in [-0.39, 0.29) is 6.04 Å². The second kappa shape index (κ2) is 5.72. The van der Waals surface area contributed by atoms with Gasteiger partial charge in [0.25, 0.3) is 0 Å². The molecule has 0 aliphatic heterocycles. The van der Waals surface area contributed by atoms with Crippen LogP contribution in [-0.2, 0) is 0 Å². The highest BCUT2D eigenvalue weighted by atomic mass is 16.5. The highest BCUT2D eigenvalue weighted by Crippen LogP contribution is 2.40. The number of hydrogen-bond acceptors (Lipinski definition) is 3. The summed E-state index contributed by atoms with van der Waals surface area (Å²) in [7, 11) is 1.74. The number of aryl methyl sites for hydroxylation is 2. The molecular formula is C15H24N2O. The number of nitrogens with two attached hydrogens (primary N) is 1. The van der Waals surface area contributed by atoms with Crippen LogP contribution in [0.2, 0.25) is 0 Å². The van der Waals surface area contributed by atoms with Crippen molar-refractivity contribution < 1.29 is 4.74 Å². The van der Waals surface area contributed by atoms with E-state index in [0.717, 1.165) is 5.75 Å². The van der Waals surface area contributed by atoms with Gasteiger partial charge < -0.3 is 4.74 Å². The Hall–Kier alpha value is -1.06. The normalized spacial score (nSPS) is 18.0. The summed E-state index contributed by atoms with van der Waals surface area (Å²) in [5, 5.41) is 0. The molecule has 0 aromatic heterocycles. The summed E-state index contributed by atoms with van der Waals surface area (Å²) in [5.74, 6) is 7.40. The topological polar surface area (TPSA) is 47.3 Å². The molecule has 0 amide bonds. The zero-order chi connectivity index (χ0) is 13.1. The maximum Gasteiger partial charge on any atom is 0.124 e. The SMILES string of the molecule is COc1cc(C)cc(C)c1C(NN)C1CCCC1. The van der Waals surface area contributed by atoms with Crippen LogP contribution in [-0.4, -0.2) is 7.11 Å². The smallest absolute Gasteiger partial charge is 0.124 e. The van der Waals surface area contributed by atoms with Crippen LogP contribution in [0.1, 0.15) is 48.4 Å². The molecule has 1 aliphatic carbocycles. The number of rotatable bonds is 4. The fraction of sp³-hybridized carbons (Fsp3) is 0.600. The lowest BCUT2D eigenvalue weighted by Crippen LogP contribution is -2.33. The van der Waals surface area contributed by atoms with Gasteiger partial charge in [-0.15, -0.1) is 0 Å². The van der Waals surface area contributed by atoms with Gasteiger partial charge in [0.1, 0.15) is 5.75 Å². The van der Waals surface area contributed by atoms with Crippen molar-refractivity contribution in [2.24, 2.45) is 11.8 Å². The maximum atomic E-state index is 5.81. The first-order valence-electron chi connectivity index (χ1n) is 6.78. The average molecular weight is 248 g/mol. The largest absolute Gasteiger partial charge is 0.496 e. The van der Waals surface area contributed by atoms with E-state index >= 15 is 0 Å². The van der Waals surface area contributed by atoms with Crippen LogP contribution in [0.15, 0.2) is 12.1 Å². The Morgan fingerprint density at radius 1 is 1.28 bits per heavy atom. The van der Waals surface area contributed by atoms with E-state index in [0.29, 0.717) is 5.92 Å². The Bertz CT molecular complexity index is 411. The standard InChI is InChI=1S/C15H24N2O/c1-10-8-11(2)14(13(9-10)18-3)15(17-16)12-6-4-5-7-12/h8-9,12,15,17H,4-7,16H2,1-3H3. The maximum absolute atomic E-state index is 5.81. The fourth-order valence-electron chi connectivity index (χ4n) is 3.25. The zero-order valence-corrected chi connectivity index (χ0v) is 11.6. The molecule has 2 rings (SSSR count). The van der Waals surface area contributed by atoms with Crippen LogP contribution in [0.5, 0.6) is 5.75 Å². The fourth-order valence-corrected chi connectivity index (χ4v) is 3.25. The summed E-state index contributed by atoms with van der Waals surface area (Å²) in [6.07, 6.45) is 5.14. The number of benzene rings is 1. The van der Waals surface area contributed by atoms with Crippen LogP contribution < -0.4 is 16.0 Å². The first-order valence-corrected chi connectivity index (χ1v) is 6.78. The molecule has 1 aromatic carbocycles. The molecule has 1 unspecified atom stereocenters. The Kier molecular flexibility index (Phi) is 4.25. The highest BCUT2D eigenvalue weighted by Gasteiger charge is 2.28. The molecule has 1 aromatic rings. The van der Waals surface area contributed by atoms with Gasteiger partial charge in [-0.2, -0.15) is 0 Å². The van der Waals surface area contributed by atoms with Crippen molar-refractivity contribution in [3.05, 3.63) is 28.8 Å². The second-order valence-corrected chi connectivity index (χ2v) is 5.39. The Morgan fingerprint density at radius 3 is 2.50 bits per heavy atom. The molecule has 1 saturated carbocycles. The highest BCUT2D eigenvalue weighted by molar-refractivity contribution is 5.45. The second-order valence-electron chi connectivity index (χ2n) is 5.39. The van der Waals surface area contributed by atoms with Crippen LogP contribution >= 0.6 is 0 Å². The minimum Gasteiger partial charge on any atom is -0.496 e. The van der Waals surface area contributed by atoms with E-state index in [9.17, 15) is 0 Å². The minimum atomic E-state index is 0.211. The van der Waals surface area contributed by atoms with E-state index in [1.165, 1.54) is 42.4 Å². The first kappa shape index (κ1) is 13.4. The monoisotopic (exact) mass is 248 g/mol. The molecule has 18 heavy (non-hydrogen) atoms. The van der Waals surface area contributed by atoms with E-state index in [2.05, 4.69) is 31.4 Å². The van der Waals surface area contributed by atoms with Gasteiger partial charge in [-0.3, -0.25) is 11.3 Å². The van der Waals surface area contributed by atoms with Gasteiger partial charge in [-0.25, -0.2) is 0 Å². The summed E-state index contributed by atoms with van der Waals surface area (Å²) >= 11 is 0. The van der Waals surface area contributed by atoms with E-state index < -0.39 is 0 Å². The lowest BCUT2D eigenvalue weighted by Gasteiger charge is -2.26. The molecular weight excluding hydrogens is 224 g/mol. The number of methoxy groups -OCH3 is 1. The molecule has 1 atom stereocenters. The number of hydrazine groups is 1. The van der Waals surface area contributed by atoms with Gasteiger partial charge >= 0.3 is 0 Å². The molecule has 0 saturated heterocycles. The Balaban J connectivity index is 2.40. The molecule has 0 radical (unpaired) electrons. The Morgan fingerprint density at radius 2 is 1.94 bits per heavy atom. The van der Waals surface area contributed by atoms with Crippen LogP contribution in [0.25, 0.3) is 0 Å². The van der Waals surface area contributed by atoms with Crippen LogP contribution in [0.3, 0.4) is 0 Å². The van der Waals surface area contributed by atoms with E-state index in [1.807, 2.05) is 0 Å².